The number of aryl methyl sites for hydroxylation is 1. The van der Waals surface area contributed by atoms with Gasteiger partial charge in [0.15, 0.2) is 5.96 Å². The van der Waals surface area contributed by atoms with Gasteiger partial charge in [0.05, 0.1) is 12.3 Å². The molecule has 2 rings (SSSR count). The van der Waals surface area contributed by atoms with Crippen LogP contribution in [0.25, 0.3) is 0 Å². The van der Waals surface area contributed by atoms with Crippen molar-refractivity contribution in [3.63, 3.8) is 0 Å². The summed E-state index contributed by atoms with van der Waals surface area (Å²) in [6, 6.07) is 7.97. The Labute approximate surface area is 126 Å². The highest BCUT2D eigenvalue weighted by Crippen LogP contribution is 2.12. The normalized spacial score (nSPS) is 18.8. The summed E-state index contributed by atoms with van der Waals surface area (Å²) in [5.74, 6) is 0.546. The zero-order valence-electron chi connectivity index (χ0n) is 12.2. The van der Waals surface area contributed by atoms with Gasteiger partial charge in [-0.1, -0.05) is 19.1 Å². The number of nitrogens with one attached hydrogen (secondary N) is 1. The van der Waals surface area contributed by atoms with Crippen molar-refractivity contribution in [1.29, 1.82) is 0 Å². The summed E-state index contributed by atoms with van der Waals surface area (Å²) in [6.07, 6.45) is 1.69. The number of guanidine groups is 1. The molecular weight excluding hydrogens is 288 g/mol. The van der Waals surface area contributed by atoms with Gasteiger partial charge in [-0.15, -0.1) is 0 Å². The van der Waals surface area contributed by atoms with E-state index in [1.165, 1.54) is 9.87 Å². The van der Waals surface area contributed by atoms with Crippen LogP contribution in [0, 0.1) is 0 Å². The van der Waals surface area contributed by atoms with Crippen molar-refractivity contribution in [1.82, 2.24) is 4.31 Å². The van der Waals surface area contributed by atoms with Crippen molar-refractivity contribution < 1.29 is 8.42 Å². The molecule has 0 saturated carbocycles. The third-order valence-corrected chi connectivity index (χ3v) is 5.43. The van der Waals surface area contributed by atoms with Crippen LogP contribution in [-0.2, 0) is 16.4 Å². The summed E-state index contributed by atoms with van der Waals surface area (Å²) in [5, 5.41) is 3.00. The van der Waals surface area contributed by atoms with Gasteiger partial charge in [0.25, 0.3) is 0 Å². The quantitative estimate of drug-likeness (QED) is 0.627. The number of rotatable bonds is 5. The zero-order chi connectivity index (χ0) is 15.3. The van der Waals surface area contributed by atoms with E-state index in [4.69, 9.17) is 5.73 Å². The molecule has 0 amide bonds. The van der Waals surface area contributed by atoms with Crippen molar-refractivity contribution in [2.75, 3.05) is 30.7 Å². The second-order valence-corrected chi connectivity index (χ2v) is 7.10. The number of sulfonamides is 1. The zero-order valence-corrected chi connectivity index (χ0v) is 13.1. The van der Waals surface area contributed by atoms with Crippen LogP contribution in [0.5, 0.6) is 0 Å². The van der Waals surface area contributed by atoms with Crippen molar-refractivity contribution in [3.8, 4) is 0 Å². The second-order valence-electron chi connectivity index (χ2n) is 5.01. The molecule has 1 aliphatic heterocycles. The summed E-state index contributed by atoms with van der Waals surface area (Å²) in [6.45, 7) is 3.44. The Hall–Kier alpha value is -1.60. The van der Waals surface area contributed by atoms with Crippen LogP contribution in [-0.4, -0.2) is 44.1 Å². The fourth-order valence-electron chi connectivity index (χ4n) is 2.24. The Morgan fingerprint density at radius 3 is 2.67 bits per heavy atom. The van der Waals surface area contributed by atoms with Gasteiger partial charge < -0.3 is 11.1 Å². The first-order chi connectivity index (χ1) is 10.0. The predicted octanol–water partition coefficient (Wildman–Crippen LogP) is 1.01. The third-order valence-electron chi connectivity index (χ3n) is 3.47. The lowest BCUT2D eigenvalue weighted by molar-refractivity contribution is 0.452. The van der Waals surface area contributed by atoms with Gasteiger partial charge in [-0.25, -0.2) is 12.7 Å². The molecule has 116 valence electrons. The average molecular weight is 310 g/mol. The predicted molar refractivity (Wildman–Crippen MR) is 85.9 cm³/mol. The maximum Gasteiger partial charge on any atom is 0.214 e. The Morgan fingerprint density at radius 2 is 2.10 bits per heavy atom. The Balaban J connectivity index is 1.83. The van der Waals surface area contributed by atoms with Crippen LogP contribution in [0.4, 0.5) is 5.69 Å². The lowest BCUT2D eigenvalue weighted by Gasteiger charge is -2.12. The van der Waals surface area contributed by atoms with Crippen LogP contribution in [0.1, 0.15) is 18.9 Å². The van der Waals surface area contributed by atoms with Crippen LogP contribution in [0.3, 0.4) is 0 Å². The molecule has 0 atom stereocenters. The Bertz CT molecular complexity index is 596. The van der Waals surface area contributed by atoms with E-state index in [0.717, 1.165) is 12.1 Å². The van der Waals surface area contributed by atoms with Crippen LogP contribution >= 0.6 is 0 Å². The minimum absolute atomic E-state index is 0.244. The first kappa shape index (κ1) is 15.8. The van der Waals surface area contributed by atoms with E-state index in [-0.39, 0.29) is 5.75 Å². The number of benzene rings is 1. The minimum atomic E-state index is -3.05. The Morgan fingerprint density at radius 1 is 1.38 bits per heavy atom. The number of hydrogen-bond acceptors (Lipinski definition) is 3. The molecule has 6 nitrogen and oxygen atoms in total. The van der Waals surface area contributed by atoms with Gasteiger partial charge in [0, 0.05) is 18.8 Å². The molecule has 0 aliphatic carbocycles. The highest BCUT2D eigenvalue weighted by atomic mass is 32.2. The summed E-state index contributed by atoms with van der Waals surface area (Å²) in [4.78, 5) is 4.17. The number of nitrogens with two attached hydrogens (primary N) is 1. The fraction of sp³-hybridized carbons (Fsp3) is 0.500. The molecule has 0 unspecified atom stereocenters. The molecule has 7 heteroatoms. The number of hydrogen-bond donors (Lipinski definition) is 2. The van der Waals surface area contributed by atoms with E-state index in [9.17, 15) is 8.42 Å². The molecule has 21 heavy (non-hydrogen) atoms. The maximum absolute atomic E-state index is 11.6. The Kier molecular flexibility index (Phi) is 5.19. The van der Waals surface area contributed by atoms with E-state index in [0.29, 0.717) is 32.0 Å². The monoisotopic (exact) mass is 310 g/mol. The molecular formula is C14H22N4O2S. The molecule has 1 saturated heterocycles. The first-order valence-electron chi connectivity index (χ1n) is 7.15. The molecule has 1 aromatic rings. The van der Waals surface area contributed by atoms with E-state index in [1.807, 2.05) is 24.3 Å². The standard InChI is InChI=1S/C14H22N4O2S/c1-2-12-4-6-13(7-5-12)17-14(15)16-8-10-18-9-3-11-21(18,19)20/h4-7H,2-3,8-11H2,1H3,(H3,15,16,17). The summed E-state index contributed by atoms with van der Waals surface area (Å²) in [5.41, 5.74) is 7.94. The topological polar surface area (TPSA) is 87.8 Å². The van der Waals surface area contributed by atoms with Gasteiger partial charge >= 0.3 is 0 Å². The summed E-state index contributed by atoms with van der Waals surface area (Å²) in [7, 11) is -3.05. The highest BCUT2D eigenvalue weighted by Gasteiger charge is 2.27. The minimum Gasteiger partial charge on any atom is -0.370 e. The number of aliphatic imine (C=N–C) groups is 1. The molecule has 0 bridgehead atoms. The van der Waals surface area contributed by atoms with E-state index >= 15 is 0 Å². The molecule has 1 aromatic carbocycles. The molecule has 1 heterocycles. The maximum atomic E-state index is 11.6. The molecule has 0 radical (unpaired) electrons. The molecule has 1 fully saturated rings. The second kappa shape index (κ2) is 6.91. The number of anilines is 1. The number of nitrogens with zero attached hydrogens (tertiary/aromatic N) is 2. The molecule has 3 N–H and O–H groups in total. The lowest BCUT2D eigenvalue weighted by Crippen LogP contribution is -2.30. The van der Waals surface area contributed by atoms with Gasteiger partial charge in [-0.2, -0.15) is 0 Å². The summed E-state index contributed by atoms with van der Waals surface area (Å²) < 4.78 is 24.7. The van der Waals surface area contributed by atoms with Crippen LogP contribution in [0.2, 0.25) is 0 Å². The van der Waals surface area contributed by atoms with E-state index < -0.39 is 10.0 Å². The van der Waals surface area contributed by atoms with Crippen molar-refractivity contribution in [2.24, 2.45) is 10.7 Å². The van der Waals surface area contributed by atoms with Crippen molar-refractivity contribution in [3.05, 3.63) is 29.8 Å². The smallest absolute Gasteiger partial charge is 0.214 e. The van der Waals surface area contributed by atoms with E-state index in [1.54, 1.807) is 0 Å². The van der Waals surface area contributed by atoms with Crippen LogP contribution < -0.4 is 11.1 Å². The lowest BCUT2D eigenvalue weighted by atomic mass is 10.1. The van der Waals surface area contributed by atoms with Gasteiger partial charge in [0.2, 0.25) is 10.0 Å². The first-order valence-corrected chi connectivity index (χ1v) is 8.76. The molecule has 1 aliphatic rings. The van der Waals surface area contributed by atoms with E-state index in [2.05, 4.69) is 17.2 Å². The van der Waals surface area contributed by atoms with Crippen molar-refractivity contribution in [2.45, 2.75) is 19.8 Å². The van der Waals surface area contributed by atoms with Crippen molar-refractivity contribution >= 4 is 21.7 Å². The summed E-state index contributed by atoms with van der Waals surface area (Å²) >= 11 is 0. The van der Waals surface area contributed by atoms with Gasteiger partial charge in [-0.3, -0.25) is 4.99 Å². The highest BCUT2D eigenvalue weighted by molar-refractivity contribution is 7.89. The van der Waals surface area contributed by atoms with Crippen LogP contribution in [0.15, 0.2) is 29.3 Å². The SMILES string of the molecule is CCc1ccc(NC(N)=NCCN2CCCS2(=O)=O)cc1. The fourth-order valence-corrected chi connectivity index (χ4v) is 3.75. The third kappa shape index (κ3) is 4.44. The average Bonchev–Trinajstić information content (AvgIpc) is 2.79. The molecule has 0 aromatic heterocycles. The van der Waals surface area contributed by atoms with Gasteiger partial charge in [0.1, 0.15) is 0 Å². The molecule has 0 spiro atoms. The largest absolute Gasteiger partial charge is 0.370 e. The van der Waals surface area contributed by atoms with Gasteiger partial charge in [-0.05, 0) is 30.5 Å².